The van der Waals surface area contributed by atoms with E-state index in [9.17, 15) is 0 Å². The Balaban J connectivity index is 2.36. The fraction of sp³-hybridized carbons (Fsp3) is 0.636. The molecule has 2 unspecified atom stereocenters. The molecular formula is C11H18BrNO2. The molecule has 1 aromatic heterocycles. The molecule has 1 heterocycles. The smallest absolute Gasteiger partial charge is 0.134 e. The van der Waals surface area contributed by atoms with Gasteiger partial charge in [-0.2, -0.15) is 0 Å². The Bertz CT molecular complexity index is 288. The molecule has 0 saturated heterocycles. The summed E-state index contributed by atoms with van der Waals surface area (Å²) < 4.78 is 6.36. The van der Waals surface area contributed by atoms with Crippen molar-refractivity contribution in [2.75, 3.05) is 13.2 Å². The molecule has 4 heteroatoms. The molecule has 0 amide bonds. The zero-order valence-electron chi connectivity index (χ0n) is 9.16. The molecule has 86 valence electrons. The van der Waals surface area contributed by atoms with Gasteiger partial charge < -0.3 is 14.8 Å². The van der Waals surface area contributed by atoms with Gasteiger partial charge in [-0.05, 0) is 47.8 Å². The number of rotatable bonds is 6. The van der Waals surface area contributed by atoms with Crippen molar-refractivity contribution >= 4 is 15.9 Å². The average Bonchev–Trinajstić information content (AvgIpc) is 2.61. The van der Waals surface area contributed by atoms with Gasteiger partial charge in [-0.15, -0.1) is 0 Å². The fourth-order valence-electron chi connectivity index (χ4n) is 1.41. The topological polar surface area (TPSA) is 45.4 Å². The second-order valence-corrected chi connectivity index (χ2v) is 4.73. The normalized spacial score (nSPS) is 15.2. The number of aliphatic hydroxyl groups is 1. The van der Waals surface area contributed by atoms with Crippen LogP contribution in [0.1, 0.15) is 32.1 Å². The number of aliphatic hydroxyl groups excluding tert-OH is 1. The van der Waals surface area contributed by atoms with Crippen LogP contribution in [0.15, 0.2) is 21.2 Å². The number of hydrogen-bond donors (Lipinski definition) is 2. The van der Waals surface area contributed by atoms with Crippen LogP contribution in [0.5, 0.6) is 0 Å². The highest BCUT2D eigenvalue weighted by Crippen LogP contribution is 2.24. The minimum absolute atomic E-state index is 0.190. The predicted octanol–water partition coefficient (Wildman–Crippen LogP) is 2.71. The maximum absolute atomic E-state index is 8.78. The molecule has 0 aliphatic rings. The van der Waals surface area contributed by atoms with Crippen molar-refractivity contribution in [2.45, 2.75) is 26.3 Å². The first-order valence-corrected chi connectivity index (χ1v) is 6.01. The summed E-state index contributed by atoms with van der Waals surface area (Å²) in [5, 5.41) is 12.2. The van der Waals surface area contributed by atoms with Gasteiger partial charge in [0.2, 0.25) is 0 Å². The summed E-state index contributed by atoms with van der Waals surface area (Å²) in [4.78, 5) is 0. The summed E-state index contributed by atoms with van der Waals surface area (Å²) in [5.41, 5.74) is 0. The Labute approximate surface area is 99.0 Å². The summed E-state index contributed by atoms with van der Waals surface area (Å²) in [6.45, 7) is 5.32. The molecule has 0 aliphatic carbocycles. The van der Waals surface area contributed by atoms with E-state index in [2.05, 4.69) is 35.1 Å². The van der Waals surface area contributed by atoms with Crippen LogP contribution in [0.25, 0.3) is 0 Å². The van der Waals surface area contributed by atoms with Crippen LogP contribution >= 0.6 is 15.9 Å². The molecular weight excluding hydrogens is 258 g/mol. The highest BCUT2D eigenvalue weighted by molar-refractivity contribution is 9.10. The third-order valence-corrected chi connectivity index (χ3v) is 3.09. The maximum atomic E-state index is 8.78. The first-order chi connectivity index (χ1) is 7.15. The fourth-order valence-corrected chi connectivity index (χ4v) is 1.95. The summed E-state index contributed by atoms with van der Waals surface area (Å²) in [7, 11) is 0. The van der Waals surface area contributed by atoms with E-state index in [1.807, 2.05) is 6.07 Å². The van der Waals surface area contributed by atoms with E-state index in [0.29, 0.717) is 5.92 Å². The van der Waals surface area contributed by atoms with Crippen LogP contribution in [0.4, 0.5) is 0 Å². The van der Waals surface area contributed by atoms with E-state index in [0.717, 1.165) is 23.2 Å². The minimum Gasteiger partial charge on any atom is -0.466 e. The average molecular weight is 276 g/mol. The van der Waals surface area contributed by atoms with Gasteiger partial charge in [0.25, 0.3) is 0 Å². The van der Waals surface area contributed by atoms with Crippen LogP contribution in [0, 0.1) is 5.92 Å². The van der Waals surface area contributed by atoms with Crippen molar-refractivity contribution < 1.29 is 9.52 Å². The van der Waals surface area contributed by atoms with Gasteiger partial charge in [0.05, 0.1) is 16.8 Å². The Hall–Kier alpha value is -0.320. The zero-order chi connectivity index (χ0) is 11.3. The number of nitrogens with one attached hydrogen (secondary N) is 1. The molecule has 2 atom stereocenters. The minimum atomic E-state index is 0.190. The molecule has 0 aliphatic heterocycles. The molecule has 0 aromatic carbocycles. The third-order valence-electron chi connectivity index (χ3n) is 2.43. The van der Waals surface area contributed by atoms with Gasteiger partial charge in [0, 0.05) is 6.61 Å². The summed E-state index contributed by atoms with van der Waals surface area (Å²) in [6.07, 6.45) is 2.51. The molecule has 0 saturated carbocycles. The number of hydrogen-bond acceptors (Lipinski definition) is 3. The van der Waals surface area contributed by atoms with E-state index in [-0.39, 0.29) is 12.6 Å². The molecule has 0 fully saturated rings. The summed E-state index contributed by atoms with van der Waals surface area (Å²) >= 11 is 3.43. The van der Waals surface area contributed by atoms with Crippen molar-refractivity contribution in [1.82, 2.24) is 5.32 Å². The SMILES string of the molecule is CC(CCO)CNC(C)c1occc1Br. The second kappa shape index (κ2) is 6.30. The van der Waals surface area contributed by atoms with Crippen molar-refractivity contribution in [3.63, 3.8) is 0 Å². The molecule has 0 spiro atoms. The van der Waals surface area contributed by atoms with Gasteiger partial charge in [0.1, 0.15) is 5.76 Å². The molecule has 15 heavy (non-hydrogen) atoms. The highest BCUT2D eigenvalue weighted by Gasteiger charge is 2.13. The van der Waals surface area contributed by atoms with Gasteiger partial charge in [-0.25, -0.2) is 0 Å². The van der Waals surface area contributed by atoms with Crippen molar-refractivity contribution in [2.24, 2.45) is 5.92 Å². The van der Waals surface area contributed by atoms with Gasteiger partial charge in [-0.3, -0.25) is 0 Å². The van der Waals surface area contributed by atoms with E-state index < -0.39 is 0 Å². The van der Waals surface area contributed by atoms with Gasteiger partial charge >= 0.3 is 0 Å². The molecule has 1 aromatic rings. The van der Waals surface area contributed by atoms with Crippen LogP contribution in [-0.2, 0) is 0 Å². The van der Waals surface area contributed by atoms with E-state index in [1.165, 1.54) is 0 Å². The maximum Gasteiger partial charge on any atom is 0.134 e. The molecule has 0 bridgehead atoms. The Morgan fingerprint density at radius 1 is 1.53 bits per heavy atom. The van der Waals surface area contributed by atoms with Gasteiger partial charge in [0.15, 0.2) is 0 Å². The lowest BCUT2D eigenvalue weighted by molar-refractivity contribution is 0.257. The van der Waals surface area contributed by atoms with Crippen LogP contribution in [0.2, 0.25) is 0 Å². The first kappa shape index (κ1) is 12.7. The molecule has 3 nitrogen and oxygen atoms in total. The Morgan fingerprint density at radius 2 is 2.27 bits per heavy atom. The monoisotopic (exact) mass is 275 g/mol. The highest BCUT2D eigenvalue weighted by atomic mass is 79.9. The zero-order valence-corrected chi connectivity index (χ0v) is 10.8. The van der Waals surface area contributed by atoms with E-state index in [4.69, 9.17) is 9.52 Å². The van der Waals surface area contributed by atoms with Crippen molar-refractivity contribution in [3.8, 4) is 0 Å². The molecule has 1 rings (SSSR count). The lowest BCUT2D eigenvalue weighted by Crippen LogP contribution is -2.24. The largest absolute Gasteiger partial charge is 0.466 e. The van der Waals surface area contributed by atoms with Crippen LogP contribution in [-0.4, -0.2) is 18.3 Å². The molecule has 0 radical (unpaired) electrons. The lowest BCUT2D eigenvalue weighted by atomic mass is 10.1. The quantitative estimate of drug-likeness (QED) is 0.839. The van der Waals surface area contributed by atoms with E-state index in [1.54, 1.807) is 6.26 Å². The molecule has 2 N–H and O–H groups in total. The van der Waals surface area contributed by atoms with Crippen molar-refractivity contribution in [3.05, 3.63) is 22.6 Å². The Kier molecular flexibility index (Phi) is 5.36. The summed E-state index contributed by atoms with van der Waals surface area (Å²) in [5.74, 6) is 1.40. The number of furan rings is 1. The standard InChI is InChI=1S/C11H18BrNO2/c1-8(3-5-14)7-13-9(2)11-10(12)4-6-15-11/h4,6,8-9,13-14H,3,5,7H2,1-2H3. The Morgan fingerprint density at radius 3 is 2.80 bits per heavy atom. The predicted molar refractivity (Wildman–Crippen MR) is 63.7 cm³/mol. The van der Waals surface area contributed by atoms with Crippen LogP contribution < -0.4 is 5.32 Å². The number of halogens is 1. The second-order valence-electron chi connectivity index (χ2n) is 3.88. The first-order valence-electron chi connectivity index (χ1n) is 5.22. The lowest BCUT2D eigenvalue weighted by Gasteiger charge is -2.15. The van der Waals surface area contributed by atoms with Gasteiger partial charge in [-0.1, -0.05) is 6.92 Å². The van der Waals surface area contributed by atoms with Crippen LogP contribution in [0.3, 0.4) is 0 Å². The summed E-state index contributed by atoms with van der Waals surface area (Å²) in [6, 6.07) is 2.08. The van der Waals surface area contributed by atoms with Crippen molar-refractivity contribution in [1.29, 1.82) is 0 Å². The third kappa shape index (κ3) is 3.97. The van der Waals surface area contributed by atoms with E-state index >= 15 is 0 Å².